The average molecular weight is 1190 g/mol. The molecule has 0 fully saturated rings. The van der Waals surface area contributed by atoms with Gasteiger partial charge in [-0.1, -0.05) is 104 Å². The molecule has 0 aromatic heterocycles. The fourth-order valence-electron chi connectivity index (χ4n) is 4.89. The van der Waals surface area contributed by atoms with Crippen molar-refractivity contribution in [3.63, 3.8) is 0 Å². The molecule has 35 heteroatoms. The molecule has 0 aliphatic rings. The molecule has 368 valence electrons. The summed E-state index contributed by atoms with van der Waals surface area (Å²) in [5, 5.41) is -8.37. The van der Waals surface area contributed by atoms with Gasteiger partial charge in [-0.3, -0.25) is 0 Å². The van der Waals surface area contributed by atoms with Crippen LogP contribution in [-0.4, -0.2) is 71.4 Å². The van der Waals surface area contributed by atoms with Gasteiger partial charge in [0.15, 0.2) is 0 Å². The van der Waals surface area contributed by atoms with Crippen LogP contribution in [0.25, 0.3) is 0 Å². The van der Waals surface area contributed by atoms with E-state index in [1.165, 1.54) is 0 Å². The molecule has 65 heavy (non-hydrogen) atoms. The molecule has 0 aliphatic carbocycles. The van der Waals surface area contributed by atoms with Gasteiger partial charge >= 0.3 is 71.4 Å². The van der Waals surface area contributed by atoms with E-state index in [2.05, 4.69) is 4.18 Å². The van der Waals surface area contributed by atoms with Crippen LogP contribution in [0.5, 0.6) is 0 Å². The molecule has 3 rings (SSSR count). The third kappa shape index (κ3) is 8.35. The van der Waals surface area contributed by atoms with Crippen LogP contribution < -0.4 is 0 Å². The minimum Gasteiger partial charge on any atom is -0.397 e. The van der Waals surface area contributed by atoms with Crippen LogP contribution in [0.4, 0.5) is 101 Å². The summed E-state index contributed by atoms with van der Waals surface area (Å²) in [7, 11) is -5.54. The maximum atomic E-state index is 15.7. The third-order valence-corrected chi connectivity index (χ3v) is 14.7. The van der Waals surface area contributed by atoms with Gasteiger partial charge in [-0.05, 0) is 36.4 Å². The summed E-state index contributed by atoms with van der Waals surface area (Å²) in [4.78, 5) is 9.43. The lowest BCUT2D eigenvalue weighted by Crippen LogP contribution is -2.78. The van der Waals surface area contributed by atoms with E-state index in [9.17, 15) is 79.4 Å². The largest absolute Gasteiger partial charge is 0.460 e. The second-order valence-corrected chi connectivity index (χ2v) is 18.5. The molecule has 0 radical (unpaired) electrons. The zero-order valence-electron chi connectivity index (χ0n) is 28.8. The maximum absolute atomic E-state index is 15.7. The molecule has 3 aromatic carbocycles. The first kappa shape index (κ1) is 57.8. The van der Waals surface area contributed by atoms with Gasteiger partial charge in [-0.15, -0.1) is 0 Å². The predicted octanol–water partition coefficient (Wildman–Crippen LogP) is 18.2. The minimum atomic E-state index is -9.70. The summed E-state index contributed by atoms with van der Waals surface area (Å²) in [5.41, 5.74) is 0. The van der Waals surface area contributed by atoms with E-state index in [1.807, 2.05) is 0 Å². The average Bonchev–Trinajstić information content (AvgIpc) is 3.08. The van der Waals surface area contributed by atoms with Crippen molar-refractivity contribution in [2.75, 3.05) is 0 Å². The molecule has 0 saturated heterocycles. The summed E-state index contributed by atoms with van der Waals surface area (Å²) in [6.07, 6.45) is -8.23. The molecule has 0 heterocycles. The van der Waals surface area contributed by atoms with Crippen molar-refractivity contribution in [3.05, 3.63) is 81.6 Å². The number of carbonyl (C=O) groups excluding carboxylic acids is 1. The van der Waals surface area contributed by atoms with Crippen LogP contribution in [0, 0.1) is 0 Å². The zero-order valence-corrected chi connectivity index (χ0v) is 36.4. The lowest BCUT2D eigenvalue weighted by Gasteiger charge is -2.45. The molecular formula is C30H6Cl9F23O2S. The Bertz CT molecular complexity index is 2170. The summed E-state index contributed by atoms with van der Waals surface area (Å²) in [5.74, 6) is -96.7. The molecular weight excluding hydrogens is 1180 g/mol. The van der Waals surface area contributed by atoms with Crippen molar-refractivity contribution < 1.29 is 110 Å². The van der Waals surface area contributed by atoms with Crippen molar-refractivity contribution in [3.8, 4) is 0 Å². The number of hydrogen-bond donors (Lipinski definition) is 0. The van der Waals surface area contributed by atoms with Gasteiger partial charge in [0.2, 0.25) is 0 Å². The monoisotopic (exact) mass is 1180 g/mol. The second kappa shape index (κ2) is 17.4. The van der Waals surface area contributed by atoms with E-state index in [0.717, 1.165) is 0 Å². The molecule has 0 saturated carbocycles. The van der Waals surface area contributed by atoms with E-state index >= 15 is 26.3 Å². The van der Waals surface area contributed by atoms with Gasteiger partial charge in [0.25, 0.3) is 0 Å². The fraction of sp³-hybridized carbons (Fsp3) is 0.367. The minimum absolute atomic E-state index is 0.540. The lowest BCUT2D eigenvalue weighted by molar-refractivity contribution is -0.477. The molecule has 2 nitrogen and oxygen atoms in total. The molecule has 0 unspecified atom stereocenters. The summed E-state index contributed by atoms with van der Waals surface area (Å²) in [6.45, 7) is 0. The number of halogens is 32. The molecule has 0 amide bonds. The van der Waals surface area contributed by atoms with E-state index in [0.29, 0.717) is 36.4 Å². The highest BCUT2D eigenvalue weighted by Crippen LogP contribution is 2.78. The first-order valence-electron chi connectivity index (χ1n) is 14.9. The van der Waals surface area contributed by atoms with Crippen LogP contribution in [0.3, 0.4) is 0 Å². The highest BCUT2D eigenvalue weighted by molar-refractivity contribution is 8.30. The van der Waals surface area contributed by atoms with Crippen molar-refractivity contribution >= 4 is 121 Å². The Morgan fingerprint density at radius 2 is 0.523 bits per heavy atom. The van der Waals surface area contributed by atoms with Crippen LogP contribution in [-0.2, 0) is 8.98 Å². The topological polar surface area (TPSA) is 26.3 Å². The zero-order chi connectivity index (χ0) is 51.5. The summed E-state index contributed by atoms with van der Waals surface area (Å²) < 4.78 is 331. The first-order valence-corrected chi connectivity index (χ1v) is 19.9. The van der Waals surface area contributed by atoms with Crippen LogP contribution in [0.15, 0.2) is 51.1 Å². The fourth-order valence-corrected chi connectivity index (χ4v) is 12.5. The van der Waals surface area contributed by atoms with Crippen molar-refractivity contribution in [2.24, 2.45) is 0 Å². The highest BCUT2D eigenvalue weighted by atomic mass is 35.5. The maximum Gasteiger partial charge on any atom is 0.460 e. The van der Waals surface area contributed by atoms with E-state index in [-0.39, 0.29) is 0 Å². The summed E-state index contributed by atoms with van der Waals surface area (Å²) >= 11 is 54.8. The highest BCUT2D eigenvalue weighted by Gasteiger charge is 2.99. The first-order chi connectivity index (χ1) is 28.6. The van der Waals surface area contributed by atoms with Crippen LogP contribution in [0.1, 0.15) is 0 Å². The van der Waals surface area contributed by atoms with Crippen molar-refractivity contribution in [1.82, 2.24) is 0 Å². The molecule has 0 spiro atoms. The smallest absolute Gasteiger partial charge is 0.397 e. The van der Waals surface area contributed by atoms with E-state index in [1.54, 1.807) is 0 Å². The number of rotatable bonds is 14. The van der Waals surface area contributed by atoms with Crippen LogP contribution in [0.2, 0.25) is 45.2 Å². The number of benzene rings is 3. The molecule has 0 bridgehead atoms. The molecule has 0 aliphatic heterocycles. The SMILES string of the molecule is O=C(OS(c1c(Cl)cc(Cl)cc1Cl)(c1c(Cl)cc(Cl)cc1Cl)c1c(Cl)cc(Cl)cc1Cl)C(F)(F)C(F)(F)C(F)(F)C(F)(F)C(F)(F)C(F)(F)C(F)(F)C(F)(F)C(F)(F)C(F)(F)C(F)(F)F. The Morgan fingerprint density at radius 1 is 0.338 bits per heavy atom. The molecule has 0 atom stereocenters. The van der Waals surface area contributed by atoms with Gasteiger partial charge in [0, 0.05) is 25.4 Å². The standard InChI is InChI=1S/C30H6Cl9F23O2S/c31-7-1-10(34)16(11(35)2-7)65(17-12(36)3-8(32)4-13(17)37,18-14(38)5-9(33)6-15(18)39)64-19(63)20(40,41)21(42,43)22(44,45)23(46,47)24(48,49)25(50,51)26(52,53)27(54,55)28(56,57)29(58,59)30(60,61)62/h1-6H. The Morgan fingerprint density at radius 3 is 0.723 bits per heavy atom. The van der Waals surface area contributed by atoms with Crippen molar-refractivity contribution in [1.29, 1.82) is 0 Å². The third-order valence-electron chi connectivity index (χ3n) is 8.11. The molecule has 0 N–H and O–H groups in total. The van der Waals surface area contributed by atoms with Gasteiger partial charge in [-0.25, -0.2) is 4.79 Å². The Labute approximate surface area is 390 Å². The lowest BCUT2D eigenvalue weighted by atomic mass is 9.85. The van der Waals surface area contributed by atoms with Gasteiger partial charge < -0.3 is 4.18 Å². The Balaban J connectivity index is 2.45. The molecule has 3 aromatic rings. The second-order valence-electron chi connectivity index (χ2n) is 12.3. The van der Waals surface area contributed by atoms with E-state index in [4.69, 9.17) is 104 Å². The Kier molecular flexibility index (Phi) is 15.5. The number of alkyl halides is 23. The quantitative estimate of drug-likeness (QED) is 0.150. The van der Waals surface area contributed by atoms with E-state index < -0.39 is 142 Å². The normalized spacial score (nSPS) is 15.1. The number of carbonyl (C=O) groups is 1. The van der Waals surface area contributed by atoms with Crippen molar-refractivity contribution in [2.45, 2.75) is 80.1 Å². The number of hydrogen-bond acceptors (Lipinski definition) is 2. The predicted molar refractivity (Wildman–Crippen MR) is 188 cm³/mol. The van der Waals surface area contributed by atoms with Gasteiger partial charge in [-0.2, -0.15) is 101 Å². The Hall–Kier alpha value is -1.52. The van der Waals surface area contributed by atoms with Crippen LogP contribution >= 0.6 is 115 Å². The van der Waals surface area contributed by atoms with Gasteiger partial charge in [0.05, 0.1) is 44.8 Å². The summed E-state index contributed by atoms with van der Waals surface area (Å²) in [6, 6.07) is 3.24. The van der Waals surface area contributed by atoms with Gasteiger partial charge in [0.1, 0.15) is 0 Å².